The number of esters is 1. The van der Waals surface area contributed by atoms with Crippen molar-refractivity contribution in [2.24, 2.45) is 0 Å². The molecule has 0 saturated heterocycles. The minimum absolute atomic E-state index is 0.0782. The number of benzene rings is 1. The molecule has 0 aliphatic rings. The van der Waals surface area contributed by atoms with Crippen molar-refractivity contribution in [2.75, 3.05) is 20.5 Å². The van der Waals surface area contributed by atoms with Crippen LogP contribution in [0, 0.1) is 0 Å². The monoisotopic (exact) mass is 272 g/mol. The van der Waals surface area contributed by atoms with Crippen LogP contribution in [0.15, 0.2) is 17.0 Å². The quantitative estimate of drug-likeness (QED) is 0.776. The lowest BCUT2D eigenvalue weighted by molar-refractivity contribution is 0.0599. The molecule has 6 heteroatoms. The normalized spacial score (nSPS) is 11.1. The molecule has 0 bridgehead atoms. The fourth-order valence-corrected chi connectivity index (χ4v) is 2.51. The van der Waals surface area contributed by atoms with E-state index in [1.54, 1.807) is 0 Å². The highest BCUT2D eigenvalue weighted by Crippen LogP contribution is 2.28. The standard InChI is InChI=1S/C12H16O5S/c1-5-8-6-11(18(4,14)15)10(16-2)7-9(8)12(13)17-3/h6-7H,5H2,1-4H3. The number of aryl methyl sites for hydroxylation is 1. The second kappa shape index (κ2) is 5.39. The Morgan fingerprint density at radius 3 is 2.28 bits per heavy atom. The lowest BCUT2D eigenvalue weighted by Gasteiger charge is -2.12. The van der Waals surface area contributed by atoms with E-state index >= 15 is 0 Å². The Kier molecular flexibility index (Phi) is 4.34. The zero-order valence-electron chi connectivity index (χ0n) is 10.8. The zero-order valence-corrected chi connectivity index (χ0v) is 11.6. The molecule has 18 heavy (non-hydrogen) atoms. The van der Waals surface area contributed by atoms with Crippen LogP contribution in [0.1, 0.15) is 22.8 Å². The van der Waals surface area contributed by atoms with E-state index in [-0.39, 0.29) is 10.6 Å². The maximum Gasteiger partial charge on any atom is 0.338 e. The Labute approximate surface area is 107 Å². The molecule has 5 nitrogen and oxygen atoms in total. The van der Waals surface area contributed by atoms with Gasteiger partial charge in [0, 0.05) is 6.26 Å². The summed E-state index contributed by atoms with van der Waals surface area (Å²) < 4.78 is 33.0. The van der Waals surface area contributed by atoms with Gasteiger partial charge in [0.1, 0.15) is 10.6 Å². The van der Waals surface area contributed by atoms with Gasteiger partial charge in [-0.1, -0.05) is 6.92 Å². The Bertz CT molecular complexity index is 560. The molecule has 0 unspecified atom stereocenters. The SMILES string of the molecule is CCc1cc(S(C)(=O)=O)c(OC)cc1C(=O)OC. The Hall–Kier alpha value is -1.56. The van der Waals surface area contributed by atoms with Crippen molar-refractivity contribution in [2.45, 2.75) is 18.2 Å². The van der Waals surface area contributed by atoms with Gasteiger partial charge in [-0.2, -0.15) is 0 Å². The Morgan fingerprint density at radius 1 is 1.28 bits per heavy atom. The first-order valence-corrected chi connectivity index (χ1v) is 7.23. The number of ether oxygens (including phenoxy) is 2. The molecule has 0 amide bonds. The molecule has 100 valence electrons. The molecule has 0 aliphatic carbocycles. The summed E-state index contributed by atoms with van der Waals surface area (Å²) in [6, 6.07) is 2.86. The van der Waals surface area contributed by atoms with E-state index in [2.05, 4.69) is 4.74 Å². The highest BCUT2D eigenvalue weighted by molar-refractivity contribution is 7.90. The predicted octanol–water partition coefficient (Wildman–Crippen LogP) is 1.45. The molecule has 0 N–H and O–H groups in total. The second-order valence-corrected chi connectivity index (χ2v) is 5.76. The highest BCUT2D eigenvalue weighted by atomic mass is 32.2. The van der Waals surface area contributed by atoms with Crippen LogP contribution in [0.2, 0.25) is 0 Å². The number of rotatable bonds is 4. The first-order valence-electron chi connectivity index (χ1n) is 5.34. The lowest BCUT2D eigenvalue weighted by Crippen LogP contribution is -2.09. The van der Waals surface area contributed by atoms with Crippen molar-refractivity contribution >= 4 is 15.8 Å². The van der Waals surface area contributed by atoms with Gasteiger partial charge < -0.3 is 9.47 Å². The molecule has 0 atom stereocenters. The average molecular weight is 272 g/mol. The van der Waals surface area contributed by atoms with Gasteiger partial charge in [-0.15, -0.1) is 0 Å². The molecule has 0 aromatic heterocycles. The van der Waals surface area contributed by atoms with E-state index in [9.17, 15) is 13.2 Å². The minimum atomic E-state index is -3.40. The fourth-order valence-electron chi connectivity index (χ4n) is 1.64. The summed E-state index contributed by atoms with van der Waals surface area (Å²) in [5.41, 5.74) is 0.937. The van der Waals surface area contributed by atoms with Crippen molar-refractivity contribution in [1.82, 2.24) is 0 Å². The molecule has 0 fully saturated rings. The van der Waals surface area contributed by atoms with Gasteiger partial charge >= 0.3 is 5.97 Å². The van der Waals surface area contributed by atoms with Gasteiger partial charge in [0.15, 0.2) is 9.84 Å². The van der Waals surface area contributed by atoms with Crippen LogP contribution in [0.3, 0.4) is 0 Å². The van der Waals surface area contributed by atoms with E-state index in [0.29, 0.717) is 17.5 Å². The lowest BCUT2D eigenvalue weighted by atomic mass is 10.0. The average Bonchev–Trinajstić information content (AvgIpc) is 2.34. The van der Waals surface area contributed by atoms with Gasteiger partial charge in [-0.3, -0.25) is 0 Å². The molecule has 0 heterocycles. The number of methoxy groups -OCH3 is 2. The molecule has 1 aromatic rings. The van der Waals surface area contributed by atoms with E-state index < -0.39 is 15.8 Å². The van der Waals surface area contributed by atoms with Crippen molar-refractivity contribution < 1.29 is 22.7 Å². The summed E-state index contributed by atoms with van der Waals surface area (Å²) in [7, 11) is -0.770. The van der Waals surface area contributed by atoms with Crippen molar-refractivity contribution in [3.05, 3.63) is 23.3 Å². The van der Waals surface area contributed by atoms with E-state index in [1.165, 1.54) is 26.4 Å². The summed E-state index contributed by atoms with van der Waals surface area (Å²) in [5, 5.41) is 0. The summed E-state index contributed by atoms with van der Waals surface area (Å²) >= 11 is 0. The molecule has 0 radical (unpaired) electrons. The smallest absolute Gasteiger partial charge is 0.338 e. The third-order valence-electron chi connectivity index (χ3n) is 2.58. The molecule has 0 spiro atoms. The van der Waals surface area contributed by atoms with E-state index in [1.807, 2.05) is 6.92 Å². The van der Waals surface area contributed by atoms with Crippen LogP contribution in [0.5, 0.6) is 5.75 Å². The largest absolute Gasteiger partial charge is 0.495 e. The highest BCUT2D eigenvalue weighted by Gasteiger charge is 2.20. The van der Waals surface area contributed by atoms with Gasteiger partial charge in [-0.25, -0.2) is 13.2 Å². The van der Waals surface area contributed by atoms with Crippen molar-refractivity contribution in [3.63, 3.8) is 0 Å². The van der Waals surface area contributed by atoms with Gasteiger partial charge in [-0.05, 0) is 24.1 Å². The first-order chi connectivity index (χ1) is 8.35. The van der Waals surface area contributed by atoms with Gasteiger partial charge in [0.25, 0.3) is 0 Å². The van der Waals surface area contributed by atoms with Crippen LogP contribution < -0.4 is 4.74 Å². The molecular weight excluding hydrogens is 256 g/mol. The van der Waals surface area contributed by atoms with Crippen LogP contribution in [0.25, 0.3) is 0 Å². The molecular formula is C12H16O5S. The van der Waals surface area contributed by atoms with Crippen molar-refractivity contribution in [1.29, 1.82) is 0 Å². The van der Waals surface area contributed by atoms with Crippen molar-refractivity contribution in [3.8, 4) is 5.75 Å². The Morgan fingerprint density at radius 2 is 1.89 bits per heavy atom. The molecule has 0 saturated carbocycles. The number of sulfone groups is 1. The third kappa shape index (κ3) is 2.81. The van der Waals surface area contributed by atoms with Crippen LogP contribution in [-0.4, -0.2) is 34.9 Å². The maximum atomic E-state index is 11.6. The van der Waals surface area contributed by atoms with Gasteiger partial charge in [0.05, 0.1) is 19.8 Å². The summed E-state index contributed by atoms with van der Waals surface area (Å²) in [4.78, 5) is 11.7. The third-order valence-corrected chi connectivity index (χ3v) is 3.69. The molecule has 0 aliphatic heterocycles. The molecule has 1 rings (SSSR count). The fraction of sp³-hybridized carbons (Fsp3) is 0.417. The summed E-state index contributed by atoms with van der Waals surface area (Å²) in [6.45, 7) is 1.83. The summed E-state index contributed by atoms with van der Waals surface area (Å²) in [6.07, 6.45) is 1.62. The second-order valence-electron chi connectivity index (χ2n) is 3.78. The Balaban J connectivity index is 3.57. The van der Waals surface area contributed by atoms with Crippen LogP contribution in [0.4, 0.5) is 0 Å². The number of carbonyl (C=O) groups is 1. The first kappa shape index (κ1) is 14.5. The van der Waals surface area contributed by atoms with E-state index in [4.69, 9.17) is 4.74 Å². The van der Waals surface area contributed by atoms with Crippen LogP contribution in [-0.2, 0) is 21.0 Å². The zero-order chi connectivity index (χ0) is 13.9. The maximum absolute atomic E-state index is 11.6. The van der Waals surface area contributed by atoms with Crippen LogP contribution >= 0.6 is 0 Å². The van der Waals surface area contributed by atoms with E-state index in [0.717, 1.165) is 6.26 Å². The summed E-state index contributed by atoms with van der Waals surface area (Å²) in [5.74, 6) is -0.361. The van der Waals surface area contributed by atoms with Gasteiger partial charge in [0.2, 0.25) is 0 Å². The number of carbonyl (C=O) groups excluding carboxylic acids is 1. The predicted molar refractivity (Wildman–Crippen MR) is 66.8 cm³/mol. The minimum Gasteiger partial charge on any atom is -0.495 e. The molecule has 1 aromatic carbocycles. The number of hydrogen-bond donors (Lipinski definition) is 0. The number of hydrogen-bond acceptors (Lipinski definition) is 5. The topological polar surface area (TPSA) is 69.7 Å².